The van der Waals surface area contributed by atoms with Crippen LogP contribution in [0.5, 0.6) is 5.75 Å². The fourth-order valence-electron chi connectivity index (χ4n) is 2.16. The van der Waals surface area contributed by atoms with E-state index in [2.05, 4.69) is 32.0 Å². The first-order valence-electron chi connectivity index (χ1n) is 6.52. The van der Waals surface area contributed by atoms with Gasteiger partial charge in [0.2, 0.25) is 0 Å². The molecule has 0 aliphatic rings. The summed E-state index contributed by atoms with van der Waals surface area (Å²) in [6.07, 6.45) is -0.437. The quantitative estimate of drug-likeness (QED) is 0.898. The maximum Gasteiger partial charge on any atom is 0.119 e. The van der Waals surface area contributed by atoms with Gasteiger partial charge in [-0.05, 0) is 44.0 Å². The Morgan fingerprint density at radius 2 is 1.58 bits per heavy atom. The van der Waals surface area contributed by atoms with Crippen LogP contribution in [0.2, 0.25) is 0 Å². The van der Waals surface area contributed by atoms with Crippen molar-refractivity contribution >= 4 is 0 Å². The van der Waals surface area contributed by atoms with Crippen LogP contribution in [0.15, 0.2) is 42.5 Å². The second kappa shape index (κ2) is 5.89. The summed E-state index contributed by atoms with van der Waals surface area (Å²) < 4.78 is 5.76. The Labute approximate surface area is 114 Å². The summed E-state index contributed by atoms with van der Waals surface area (Å²) in [7, 11) is 0. The first kappa shape index (κ1) is 13.6. The van der Waals surface area contributed by atoms with Gasteiger partial charge in [0.25, 0.3) is 0 Å². The van der Waals surface area contributed by atoms with Crippen LogP contribution in [-0.4, -0.2) is 5.11 Å². The highest BCUT2D eigenvalue weighted by Crippen LogP contribution is 2.19. The third-order valence-corrected chi connectivity index (χ3v) is 3.05. The lowest BCUT2D eigenvalue weighted by molar-refractivity contribution is 0.199. The fourth-order valence-corrected chi connectivity index (χ4v) is 2.16. The molecule has 0 saturated heterocycles. The Morgan fingerprint density at radius 3 is 2.11 bits per heavy atom. The average Bonchev–Trinajstić information content (AvgIpc) is 2.36. The highest BCUT2D eigenvalue weighted by Gasteiger charge is 2.01. The van der Waals surface area contributed by atoms with E-state index in [0.717, 1.165) is 11.3 Å². The molecule has 0 amide bonds. The minimum atomic E-state index is -0.437. The molecule has 0 aliphatic heterocycles. The standard InChI is InChI=1S/C17H20O2/c1-12-8-13(2)10-15(9-12)11-19-17-6-4-16(5-7-17)14(3)18/h4-10,14,18H,11H2,1-3H3. The maximum atomic E-state index is 9.44. The number of aliphatic hydroxyl groups excluding tert-OH is 1. The Kier molecular flexibility index (Phi) is 4.23. The van der Waals surface area contributed by atoms with E-state index in [1.807, 2.05) is 24.3 Å². The van der Waals surface area contributed by atoms with Crippen molar-refractivity contribution in [2.75, 3.05) is 0 Å². The molecule has 2 rings (SSSR count). The van der Waals surface area contributed by atoms with Crippen molar-refractivity contribution < 1.29 is 9.84 Å². The highest BCUT2D eigenvalue weighted by atomic mass is 16.5. The third-order valence-electron chi connectivity index (χ3n) is 3.05. The number of hydrogen-bond acceptors (Lipinski definition) is 2. The molecule has 0 aliphatic carbocycles. The lowest BCUT2D eigenvalue weighted by atomic mass is 10.1. The molecule has 1 N–H and O–H groups in total. The van der Waals surface area contributed by atoms with Gasteiger partial charge in [0.1, 0.15) is 12.4 Å². The van der Waals surface area contributed by atoms with Gasteiger partial charge in [-0.3, -0.25) is 0 Å². The molecule has 0 saturated carbocycles. The Hall–Kier alpha value is -1.80. The summed E-state index contributed by atoms with van der Waals surface area (Å²) in [4.78, 5) is 0. The maximum absolute atomic E-state index is 9.44. The van der Waals surface area contributed by atoms with Crippen molar-refractivity contribution in [3.05, 3.63) is 64.7 Å². The van der Waals surface area contributed by atoms with Crippen molar-refractivity contribution in [3.8, 4) is 5.75 Å². The normalized spacial score (nSPS) is 12.2. The molecule has 0 aromatic heterocycles. The van der Waals surface area contributed by atoms with Crippen molar-refractivity contribution in [1.82, 2.24) is 0 Å². The summed E-state index contributed by atoms with van der Waals surface area (Å²) in [6.45, 7) is 6.50. The van der Waals surface area contributed by atoms with Gasteiger partial charge in [0.15, 0.2) is 0 Å². The SMILES string of the molecule is Cc1cc(C)cc(COc2ccc(C(C)O)cc2)c1. The molecule has 100 valence electrons. The molecular weight excluding hydrogens is 236 g/mol. The van der Waals surface area contributed by atoms with Gasteiger partial charge >= 0.3 is 0 Å². The van der Waals surface area contributed by atoms with Crippen molar-refractivity contribution in [1.29, 1.82) is 0 Å². The minimum Gasteiger partial charge on any atom is -0.489 e. The predicted octanol–water partition coefficient (Wildman–Crippen LogP) is 3.94. The molecule has 2 aromatic carbocycles. The molecule has 1 atom stereocenters. The fraction of sp³-hybridized carbons (Fsp3) is 0.294. The molecule has 2 aromatic rings. The van der Waals surface area contributed by atoms with Crippen LogP contribution >= 0.6 is 0 Å². The number of ether oxygens (including phenoxy) is 1. The summed E-state index contributed by atoms with van der Waals surface area (Å²) in [5.41, 5.74) is 4.59. The van der Waals surface area contributed by atoms with Gasteiger partial charge < -0.3 is 9.84 Å². The lowest BCUT2D eigenvalue weighted by Gasteiger charge is -2.09. The molecular formula is C17H20O2. The zero-order valence-electron chi connectivity index (χ0n) is 11.7. The second-order valence-corrected chi connectivity index (χ2v) is 5.03. The van der Waals surface area contributed by atoms with Crippen LogP contribution in [0, 0.1) is 13.8 Å². The topological polar surface area (TPSA) is 29.5 Å². The van der Waals surface area contributed by atoms with Gasteiger partial charge in [-0.1, -0.05) is 41.5 Å². The van der Waals surface area contributed by atoms with Gasteiger partial charge in [-0.2, -0.15) is 0 Å². The van der Waals surface area contributed by atoms with E-state index < -0.39 is 6.10 Å². The summed E-state index contributed by atoms with van der Waals surface area (Å²) in [5, 5.41) is 9.44. The van der Waals surface area contributed by atoms with Crippen LogP contribution in [0.1, 0.15) is 35.3 Å². The van der Waals surface area contributed by atoms with Crippen LogP contribution in [-0.2, 0) is 6.61 Å². The smallest absolute Gasteiger partial charge is 0.119 e. The zero-order valence-corrected chi connectivity index (χ0v) is 11.7. The van der Waals surface area contributed by atoms with E-state index in [0.29, 0.717) is 6.61 Å². The Balaban J connectivity index is 2.02. The molecule has 0 bridgehead atoms. The van der Waals surface area contributed by atoms with E-state index in [4.69, 9.17) is 4.74 Å². The molecule has 1 unspecified atom stereocenters. The monoisotopic (exact) mass is 256 g/mol. The largest absolute Gasteiger partial charge is 0.489 e. The predicted molar refractivity (Wildman–Crippen MR) is 77.3 cm³/mol. The van der Waals surface area contributed by atoms with Gasteiger partial charge in [0, 0.05) is 0 Å². The van der Waals surface area contributed by atoms with Crippen LogP contribution < -0.4 is 4.74 Å². The summed E-state index contributed by atoms with van der Waals surface area (Å²) in [6, 6.07) is 14.0. The molecule has 0 radical (unpaired) electrons. The summed E-state index contributed by atoms with van der Waals surface area (Å²) >= 11 is 0. The summed E-state index contributed by atoms with van der Waals surface area (Å²) in [5.74, 6) is 0.823. The van der Waals surface area contributed by atoms with Gasteiger partial charge in [-0.25, -0.2) is 0 Å². The number of rotatable bonds is 4. The Bertz CT molecular complexity index is 521. The van der Waals surface area contributed by atoms with Crippen LogP contribution in [0.25, 0.3) is 0 Å². The molecule has 2 heteroatoms. The first-order chi connectivity index (χ1) is 9.04. The number of aliphatic hydroxyl groups is 1. The van der Waals surface area contributed by atoms with E-state index in [1.165, 1.54) is 16.7 Å². The van der Waals surface area contributed by atoms with Crippen LogP contribution in [0.3, 0.4) is 0 Å². The van der Waals surface area contributed by atoms with E-state index in [1.54, 1.807) is 6.92 Å². The molecule has 0 heterocycles. The molecule has 0 spiro atoms. The van der Waals surface area contributed by atoms with Crippen LogP contribution in [0.4, 0.5) is 0 Å². The van der Waals surface area contributed by atoms with E-state index >= 15 is 0 Å². The number of benzene rings is 2. The third kappa shape index (κ3) is 3.83. The molecule has 19 heavy (non-hydrogen) atoms. The Morgan fingerprint density at radius 1 is 1.00 bits per heavy atom. The second-order valence-electron chi connectivity index (χ2n) is 5.03. The van der Waals surface area contributed by atoms with E-state index in [9.17, 15) is 5.11 Å². The molecule has 2 nitrogen and oxygen atoms in total. The average molecular weight is 256 g/mol. The van der Waals surface area contributed by atoms with E-state index in [-0.39, 0.29) is 0 Å². The molecule has 0 fully saturated rings. The van der Waals surface area contributed by atoms with Crippen molar-refractivity contribution in [3.63, 3.8) is 0 Å². The highest BCUT2D eigenvalue weighted by molar-refractivity contribution is 5.30. The number of hydrogen-bond donors (Lipinski definition) is 1. The first-order valence-corrected chi connectivity index (χ1v) is 6.52. The van der Waals surface area contributed by atoms with Gasteiger partial charge in [0.05, 0.1) is 6.10 Å². The minimum absolute atomic E-state index is 0.437. The number of aryl methyl sites for hydroxylation is 2. The lowest BCUT2D eigenvalue weighted by Crippen LogP contribution is -1.97. The van der Waals surface area contributed by atoms with Crippen molar-refractivity contribution in [2.24, 2.45) is 0 Å². The van der Waals surface area contributed by atoms with Crippen molar-refractivity contribution in [2.45, 2.75) is 33.5 Å². The zero-order chi connectivity index (χ0) is 13.8. The van der Waals surface area contributed by atoms with Gasteiger partial charge in [-0.15, -0.1) is 0 Å².